The zero-order valence-electron chi connectivity index (χ0n) is 12.8. The predicted molar refractivity (Wildman–Crippen MR) is 81.3 cm³/mol. The number of unbranched alkanes of at least 4 members (excludes halogenated alkanes) is 7. The van der Waals surface area contributed by atoms with Gasteiger partial charge in [0.1, 0.15) is 0 Å². The van der Waals surface area contributed by atoms with Crippen LogP contribution in [0.3, 0.4) is 0 Å². The summed E-state index contributed by atoms with van der Waals surface area (Å²) in [5.74, 6) is -0.452. The minimum absolute atomic E-state index is 0.0503. The minimum Gasteiger partial charge on any atom is -0.345 e. The largest absolute Gasteiger partial charge is 0.345 e. The van der Waals surface area contributed by atoms with Gasteiger partial charge in [-0.15, -0.1) is 0 Å². The average molecular weight is 307 g/mol. The van der Waals surface area contributed by atoms with Crippen molar-refractivity contribution in [2.75, 3.05) is 19.3 Å². The molecule has 0 aliphatic carbocycles. The van der Waals surface area contributed by atoms with Gasteiger partial charge in [0.15, 0.2) is 0 Å². The van der Waals surface area contributed by atoms with Crippen molar-refractivity contribution in [2.24, 2.45) is 0 Å². The molecule has 0 unspecified atom stereocenters. The van der Waals surface area contributed by atoms with Crippen molar-refractivity contribution >= 4 is 16.0 Å². The third-order valence-corrected chi connectivity index (χ3v) is 4.05. The highest BCUT2D eigenvalue weighted by atomic mass is 32.2. The Morgan fingerprint density at radius 2 is 1.50 bits per heavy atom. The topological polar surface area (TPSA) is 74.7 Å². The van der Waals surface area contributed by atoms with Gasteiger partial charge in [-0.2, -0.15) is 8.42 Å². The maximum Gasteiger partial charge on any atom is 0.266 e. The van der Waals surface area contributed by atoms with Crippen molar-refractivity contribution in [1.29, 1.82) is 0 Å². The molecule has 0 fully saturated rings. The lowest BCUT2D eigenvalue weighted by Gasteiger charge is -2.16. The van der Waals surface area contributed by atoms with E-state index in [0.717, 1.165) is 19.3 Å². The molecule has 1 amide bonds. The summed E-state index contributed by atoms with van der Waals surface area (Å²) in [5, 5.41) is 0. The van der Waals surface area contributed by atoms with Gasteiger partial charge in [0.25, 0.3) is 10.1 Å². The van der Waals surface area contributed by atoms with Gasteiger partial charge in [-0.1, -0.05) is 51.9 Å². The van der Waals surface area contributed by atoms with Gasteiger partial charge in [0, 0.05) is 20.0 Å². The van der Waals surface area contributed by atoms with Crippen molar-refractivity contribution in [3.05, 3.63) is 0 Å². The molecule has 0 saturated carbocycles. The van der Waals surface area contributed by atoms with E-state index in [-0.39, 0.29) is 12.5 Å². The van der Waals surface area contributed by atoms with E-state index in [1.165, 1.54) is 37.0 Å². The maximum atomic E-state index is 11.7. The molecule has 0 atom stereocenters. The molecule has 0 saturated heterocycles. The normalized spacial score (nSPS) is 11.6. The molecule has 0 aromatic rings. The second-order valence-corrected chi connectivity index (χ2v) is 6.90. The molecule has 1 N–H and O–H groups in total. The third kappa shape index (κ3) is 12.4. The van der Waals surface area contributed by atoms with E-state index in [9.17, 15) is 13.2 Å². The predicted octanol–water partition coefficient (Wildman–Crippen LogP) is 2.86. The number of amides is 1. The Morgan fingerprint density at radius 3 is 2.00 bits per heavy atom. The van der Waals surface area contributed by atoms with Crippen molar-refractivity contribution in [1.82, 2.24) is 4.90 Å². The fourth-order valence-electron chi connectivity index (χ4n) is 1.98. The number of carbonyl (C=O) groups excluding carboxylic acids is 1. The summed E-state index contributed by atoms with van der Waals surface area (Å²) in [6, 6.07) is 0. The fourth-order valence-corrected chi connectivity index (χ4v) is 2.48. The second kappa shape index (κ2) is 11.1. The van der Waals surface area contributed by atoms with Gasteiger partial charge < -0.3 is 4.90 Å². The Labute approximate surface area is 123 Å². The van der Waals surface area contributed by atoms with Gasteiger partial charge in [0.2, 0.25) is 5.91 Å². The maximum absolute atomic E-state index is 11.7. The average Bonchev–Trinajstić information content (AvgIpc) is 2.38. The lowest BCUT2D eigenvalue weighted by atomic mass is 10.1. The number of hydrogen-bond acceptors (Lipinski definition) is 3. The van der Waals surface area contributed by atoms with E-state index in [1.807, 2.05) is 0 Å². The summed E-state index contributed by atoms with van der Waals surface area (Å²) in [5.41, 5.74) is 0. The number of rotatable bonds is 12. The quantitative estimate of drug-likeness (QED) is 0.444. The molecule has 0 heterocycles. The van der Waals surface area contributed by atoms with Crippen molar-refractivity contribution in [2.45, 2.75) is 64.7 Å². The van der Waals surface area contributed by atoms with E-state index in [0.29, 0.717) is 6.42 Å². The van der Waals surface area contributed by atoms with Crippen LogP contribution in [0.15, 0.2) is 0 Å². The molecule has 0 rings (SSSR count). The van der Waals surface area contributed by atoms with E-state index < -0.39 is 15.9 Å². The number of hydrogen-bond donors (Lipinski definition) is 1. The number of carbonyl (C=O) groups is 1. The molecule has 0 aromatic carbocycles. The summed E-state index contributed by atoms with van der Waals surface area (Å²) in [7, 11) is -2.42. The summed E-state index contributed by atoms with van der Waals surface area (Å²) in [4.78, 5) is 13.1. The first-order valence-corrected chi connectivity index (χ1v) is 9.17. The highest BCUT2D eigenvalue weighted by Gasteiger charge is 2.12. The zero-order valence-corrected chi connectivity index (χ0v) is 13.6. The highest BCUT2D eigenvalue weighted by molar-refractivity contribution is 7.85. The Bertz CT molecular complexity index is 354. The summed E-state index contributed by atoms with van der Waals surface area (Å²) < 4.78 is 29.8. The molecule has 0 radical (unpaired) electrons. The van der Waals surface area contributed by atoms with Crippen molar-refractivity contribution in [3.8, 4) is 0 Å². The first kappa shape index (κ1) is 19.4. The smallest absolute Gasteiger partial charge is 0.266 e. The summed E-state index contributed by atoms with van der Waals surface area (Å²) in [6.45, 7) is 2.25. The lowest BCUT2D eigenvalue weighted by Crippen LogP contribution is -2.31. The Morgan fingerprint density at radius 1 is 1.00 bits per heavy atom. The molecule has 0 spiro atoms. The van der Waals surface area contributed by atoms with E-state index in [2.05, 4.69) is 6.92 Å². The van der Waals surface area contributed by atoms with Crippen LogP contribution in [0.25, 0.3) is 0 Å². The molecular formula is C14H29NO4S. The van der Waals surface area contributed by atoms with Crippen molar-refractivity contribution < 1.29 is 17.8 Å². The van der Waals surface area contributed by atoms with E-state index in [1.54, 1.807) is 7.05 Å². The van der Waals surface area contributed by atoms with Gasteiger partial charge in [0.05, 0.1) is 5.75 Å². The zero-order chi connectivity index (χ0) is 15.4. The monoisotopic (exact) mass is 307 g/mol. The first-order chi connectivity index (χ1) is 9.37. The van der Waals surface area contributed by atoms with Gasteiger partial charge in [-0.25, -0.2) is 0 Å². The molecule has 120 valence electrons. The van der Waals surface area contributed by atoms with Gasteiger partial charge in [-0.3, -0.25) is 9.35 Å². The Kier molecular flexibility index (Phi) is 10.7. The fraction of sp³-hybridized carbons (Fsp3) is 0.929. The van der Waals surface area contributed by atoms with Crippen LogP contribution >= 0.6 is 0 Å². The molecule has 6 heteroatoms. The van der Waals surface area contributed by atoms with Crippen LogP contribution in [0, 0.1) is 0 Å². The van der Waals surface area contributed by atoms with Crippen LogP contribution in [0.1, 0.15) is 64.7 Å². The SMILES string of the molecule is CCCCCCCCCCC(=O)N(C)CCS(=O)(=O)O. The van der Waals surface area contributed by atoms with Crippen LogP contribution in [0.5, 0.6) is 0 Å². The molecule has 0 aliphatic rings. The van der Waals surface area contributed by atoms with Gasteiger partial charge >= 0.3 is 0 Å². The molecule has 0 aliphatic heterocycles. The van der Waals surface area contributed by atoms with Crippen LogP contribution in [-0.4, -0.2) is 43.1 Å². The van der Waals surface area contributed by atoms with Gasteiger partial charge in [-0.05, 0) is 6.42 Å². The van der Waals surface area contributed by atoms with E-state index in [4.69, 9.17) is 4.55 Å². The standard InChI is InChI=1S/C14H29NO4S/c1-3-4-5-6-7-8-9-10-11-14(16)15(2)12-13-20(17,18)19/h3-13H2,1-2H3,(H,17,18,19). The van der Waals surface area contributed by atoms with Crippen LogP contribution in [0.2, 0.25) is 0 Å². The summed E-state index contributed by atoms with van der Waals surface area (Å²) in [6.07, 6.45) is 9.87. The lowest BCUT2D eigenvalue weighted by molar-refractivity contribution is -0.129. The van der Waals surface area contributed by atoms with Crippen LogP contribution in [0.4, 0.5) is 0 Å². The molecular weight excluding hydrogens is 278 g/mol. The first-order valence-electron chi connectivity index (χ1n) is 7.56. The molecule has 0 bridgehead atoms. The number of nitrogens with zero attached hydrogens (tertiary/aromatic N) is 1. The second-order valence-electron chi connectivity index (χ2n) is 5.33. The molecule has 5 nitrogen and oxygen atoms in total. The highest BCUT2D eigenvalue weighted by Crippen LogP contribution is 2.10. The third-order valence-electron chi connectivity index (χ3n) is 3.35. The molecule has 0 aromatic heterocycles. The minimum atomic E-state index is -3.99. The van der Waals surface area contributed by atoms with Crippen molar-refractivity contribution in [3.63, 3.8) is 0 Å². The Balaban J connectivity index is 3.53. The van der Waals surface area contributed by atoms with Crippen LogP contribution in [-0.2, 0) is 14.9 Å². The van der Waals surface area contributed by atoms with Crippen LogP contribution < -0.4 is 0 Å². The van der Waals surface area contributed by atoms with E-state index >= 15 is 0 Å². The summed E-state index contributed by atoms with van der Waals surface area (Å²) >= 11 is 0. The molecule has 20 heavy (non-hydrogen) atoms. The Hall–Kier alpha value is -0.620.